The average molecular weight is 432 g/mol. The number of aromatic amines is 1. The molecule has 1 N–H and O–H groups in total. The summed E-state index contributed by atoms with van der Waals surface area (Å²) >= 11 is 0. The van der Waals surface area contributed by atoms with Gasteiger partial charge in [-0.1, -0.05) is 13.0 Å². The van der Waals surface area contributed by atoms with Crippen LogP contribution in [0.15, 0.2) is 64.7 Å². The molecule has 0 amide bonds. The largest absolute Gasteiger partial charge is 0.346 e. The van der Waals surface area contributed by atoms with E-state index in [2.05, 4.69) is 9.97 Å². The number of H-pyrrole nitrogens is 1. The molecule has 3 heterocycles. The quantitative estimate of drug-likeness (QED) is 0.670. The summed E-state index contributed by atoms with van der Waals surface area (Å²) in [5.74, 6) is -0.0256. The van der Waals surface area contributed by atoms with Crippen molar-refractivity contribution in [3.63, 3.8) is 0 Å². The lowest BCUT2D eigenvalue weighted by atomic mass is 10.0. The molecule has 0 atom stereocenters. The monoisotopic (exact) mass is 431 g/mol. The lowest BCUT2D eigenvalue weighted by Gasteiger charge is -2.26. The maximum atomic E-state index is 13.0. The first-order valence-electron chi connectivity index (χ1n) is 9.27. The van der Waals surface area contributed by atoms with Crippen LogP contribution in [-0.2, 0) is 19.9 Å². The van der Waals surface area contributed by atoms with Crippen molar-refractivity contribution in [3.05, 3.63) is 60.4 Å². The summed E-state index contributed by atoms with van der Waals surface area (Å²) in [5.41, 5.74) is 2.93. The molecule has 152 valence electrons. The molecule has 9 heteroatoms. The Bertz CT molecular complexity index is 1290. The molecule has 0 aliphatic carbocycles. The van der Waals surface area contributed by atoms with Gasteiger partial charge in [-0.05, 0) is 48.4 Å². The van der Waals surface area contributed by atoms with E-state index in [1.165, 1.54) is 28.6 Å². The topological polar surface area (TPSA) is 100 Å². The second-order valence-corrected chi connectivity index (χ2v) is 11.0. The van der Waals surface area contributed by atoms with E-state index in [-0.39, 0.29) is 22.1 Å². The number of hydrogen-bond acceptors (Lipinski definition) is 5. The van der Waals surface area contributed by atoms with E-state index in [0.717, 1.165) is 22.2 Å². The summed E-state index contributed by atoms with van der Waals surface area (Å²) in [4.78, 5) is 7.66. The molecule has 0 fully saturated rings. The van der Waals surface area contributed by atoms with Gasteiger partial charge in [0.25, 0.3) is 0 Å². The summed E-state index contributed by atoms with van der Waals surface area (Å²) in [6, 6.07) is 9.31. The lowest BCUT2D eigenvalue weighted by Crippen LogP contribution is -2.34. The van der Waals surface area contributed by atoms with E-state index >= 15 is 0 Å². The zero-order valence-electron chi connectivity index (χ0n) is 15.9. The Kier molecular flexibility index (Phi) is 5.05. The molecule has 29 heavy (non-hydrogen) atoms. The van der Waals surface area contributed by atoms with Gasteiger partial charge < -0.3 is 4.98 Å². The Hall–Kier alpha value is -2.49. The Morgan fingerprint density at radius 1 is 1.07 bits per heavy atom. The van der Waals surface area contributed by atoms with Crippen LogP contribution >= 0.6 is 0 Å². The van der Waals surface area contributed by atoms with Crippen LogP contribution < -0.4 is 0 Å². The Balaban J connectivity index is 1.57. The molecule has 0 unspecified atom stereocenters. The minimum absolute atomic E-state index is 0.0256. The second-order valence-electron chi connectivity index (χ2n) is 6.82. The number of sulfonamides is 1. The first-order valence-corrected chi connectivity index (χ1v) is 12.4. The van der Waals surface area contributed by atoms with Crippen LogP contribution in [0.2, 0.25) is 0 Å². The van der Waals surface area contributed by atoms with Gasteiger partial charge in [0.2, 0.25) is 10.0 Å². The number of hydrogen-bond donors (Lipinski definition) is 1. The number of rotatable bonds is 5. The zero-order chi connectivity index (χ0) is 20.6. The predicted octanol–water partition coefficient (Wildman–Crippen LogP) is 2.83. The Labute approximate surface area is 170 Å². The van der Waals surface area contributed by atoms with Gasteiger partial charge in [-0.15, -0.1) is 0 Å². The fourth-order valence-corrected chi connectivity index (χ4v) is 5.73. The van der Waals surface area contributed by atoms with Gasteiger partial charge in [0.05, 0.1) is 15.5 Å². The molecule has 1 aliphatic rings. The summed E-state index contributed by atoms with van der Waals surface area (Å²) in [6.45, 7) is 2.18. The highest BCUT2D eigenvalue weighted by Gasteiger charge is 2.27. The number of nitrogens with zero attached hydrogens (tertiary/aromatic N) is 2. The van der Waals surface area contributed by atoms with Gasteiger partial charge in [-0.3, -0.25) is 0 Å². The van der Waals surface area contributed by atoms with Crippen molar-refractivity contribution in [1.29, 1.82) is 0 Å². The van der Waals surface area contributed by atoms with Crippen LogP contribution in [0.5, 0.6) is 0 Å². The van der Waals surface area contributed by atoms with Gasteiger partial charge in [0, 0.05) is 36.4 Å². The van der Waals surface area contributed by atoms with Crippen LogP contribution in [0.25, 0.3) is 16.6 Å². The maximum absolute atomic E-state index is 13.0. The van der Waals surface area contributed by atoms with E-state index in [1.54, 1.807) is 13.1 Å². The predicted molar refractivity (Wildman–Crippen MR) is 112 cm³/mol. The van der Waals surface area contributed by atoms with Crippen molar-refractivity contribution >= 4 is 36.5 Å². The molecule has 0 bridgehead atoms. The zero-order valence-corrected chi connectivity index (χ0v) is 17.5. The third kappa shape index (κ3) is 3.61. The highest BCUT2D eigenvalue weighted by atomic mass is 32.2. The summed E-state index contributed by atoms with van der Waals surface area (Å²) in [6.07, 6.45) is 6.14. The van der Waals surface area contributed by atoms with Gasteiger partial charge >= 0.3 is 0 Å². The summed E-state index contributed by atoms with van der Waals surface area (Å²) < 4.78 is 51.2. The van der Waals surface area contributed by atoms with Gasteiger partial charge in [0.15, 0.2) is 9.84 Å². The molecule has 0 spiro atoms. The van der Waals surface area contributed by atoms with Crippen LogP contribution in [0.1, 0.15) is 18.9 Å². The molecule has 0 saturated heterocycles. The normalized spacial score (nSPS) is 16.1. The van der Waals surface area contributed by atoms with E-state index in [4.69, 9.17) is 0 Å². The van der Waals surface area contributed by atoms with E-state index in [1.807, 2.05) is 24.4 Å². The standard InChI is InChI=1S/C20H21N3O4S2/c1-2-28(24,25)16-5-7-17(8-6-16)29(26,27)23-12-9-15(10-13-23)19-14-22-20-18(19)4-3-11-21-20/h3-9,11,14H,2,10,12-13H2,1H3,(H,21,22). The SMILES string of the molecule is CCS(=O)(=O)c1ccc(S(=O)(=O)N2CC=C(c3c[nH]c4ncccc34)CC2)cc1. The van der Waals surface area contributed by atoms with Crippen LogP contribution in [0.3, 0.4) is 0 Å². The molecule has 3 aromatic rings. The number of pyridine rings is 1. The number of fused-ring (bicyclic) bond motifs is 1. The fraction of sp³-hybridized carbons (Fsp3) is 0.250. The number of aromatic nitrogens is 2. The maximum Gasteiger partial charge on any atom is 0.243 e. The number of nitrogens with one attached hydrogen (secondary N) is 1. The smallest absolute Gasteiger partial charge is 0.243 e. The third-order valence-electron chi connectivity index (χ3n) is 5.17. The van der Waals surface area contributed by atoms with Crippen molar-refractivity contribution < 1.29 is 16.8 Å². The molecule has 2 aromatic heterocycles. The van der Waals surface area contributed by atoms with Crippen molar-refractivity contribution in [1.82, 2.24) is 14.3 Å². The first kappa shape index (κ1) is 19.8. The van der Waals surface area contributed by atoms with Crippen LogP contribution in [-0.4, -0.2) is 50.0 Å². The van der Waals surface area contributed by atoms with Gasteiger partial charge in [0.1, 0.15) is 5.65 Å². The Morgan fingerprint density at radius 2 is 1.79 bits per heavy atom. The summed E-state index contributed by atoms with van der Waals surface area (Å²) in [5, 5.41) is 1.02. The molecule has 0 saturated carbocycles. The molecule has 4 rings (SSSR count). The van der Waals surface area contributed by atoms with E-state index < -0.39 is 19.9 Å². The van der Waals surface area contributed by atoms with Gasteiger partial charge in [-0.2, -0.15) is 4.31 Å². The average Bonchev–Trinajstić information content (AvgIpc) is 3.18. The van der Waals surface area contributed by atoms with E-state index in [0.29, 0.717) is 13.0 Å². The van der Waals surface area contributed by atoms with Gasteiger partial charge in [-0.25, -0.2) is 21.8 Å². The van der Waals surface area contributed by atoms with Crippen LogP contribution in [0.4, 0.5) is 0 Å². The molecule has 0 radical (unpaired) electrons. The first-order chi connectivity index (χ1) is 13.8. The number of sulfone groups is 1. The van der Waals surface area contributed by atoms with Crippen molar-refractivity contribution in [2.75, 3.05) is 18.8 Å². The highest BCUT2D eigenvalue weighted by Crippen LogP contribution is 2.30. The highest BCUT2D eigenvalue weighted by molar-refractivity contribution is 7.91. The second kappa shape index (κ2) is 7.40. The number of benzene rings is 1. The van der Waals surface area contributed by atoms with Crippen molar-refractivity contribution in [2.45, 2.75) is 23.1 Å². The van der Waals surface area contributed by atoms with Crippen molar-refractivity contribution in [3.8, 4) is 0 Å². The minimum atomic E-state index is -3.69. The molecule has 7 nitrogen and oxygen atoms in total. The molecule has 1 aromatic carbocycles. The Morgan fingerprint density at radius 3 is 2.45 bits per heavy atom. The molecular formula is C20H21N3O4S2. The molecular weight excluding hydrogens is 410 g/mol. The van der Waals surface area contributed by atoms with Crippen molar-refractivity contribution in [2.24, 2.45) is 0 Å². The van der Waals surface area contributed by atoms with Crippen LogP contribution in [0, 0.1) is 0 Å². The third-order valence-corrected chi connectivity index (χ3v) is 8.80. The fourth-order valence-electron chi connectivity index (χ4n) is 3.47. The minimum Gasteiger partial charge on any atom is -0.346 e. The molecule has 1 aliphatic heterocycles. The summed E-state index contributed by atoms with van der Waals surface area (Å²) in [7, 11) is -7.05. The lowest BCUT2D eigenvalue weighted by molar-refractivity contribution is 0.441. The van der Waals surface area contributed by atoms with E-state index in [9.17, 15) is 16.8 Å².